The van der Waals surface area contributed by atoms with Gasteiger partial charge in [0.1, 0.15) is 11.5 Å². The molecule has 0 saturated heterocycles. The zero-order chi connectivity index (χ0) is 16.8. The van der Waals surface area contributed by atoms with Gasteiger partial charge in [-0.15, -0.1) is 0 Å². The number of methoxy groups -OCH3 is 1. The van der Waals surface area contributed by atoms with E-state index in [0.717, 1.165) is 5.56 Å². The van der Waals surface area contributed by atoms with Crippen molar-refractivity contribution < 1.29 is 23.8 Å². The summed E-state index contributed by atoms with van der Waals surface area (Å²) in [5.74, 6) is -0.0193. The van der Waals surface area contributed by atoms with E-state index in [-0.39, 0.29) is 0 Å². The van der Waals surface area contributed by atoms with E-state index in [1.165, 1.54) is 31.4 Å². The Labute approximate surface area is 134 Å². The molecular formula is C18H18O5. The van der Waals surface area contributed by atoms with Crippen LogP contribution in [-0.2, 0) is 9.53 Å². The lowest BCUT2D eigenvalue weighted by Gasteiger charge is -2.14. The molecule has 120 valence electrons. The summed E-state index contributed by atoms with van der Waals surface area (Å²) in [6.45, 7) is 3.56. The molecule has 2 aromatic rings. The van der Waals surface area contributed by atoms with Gasteiger partial charge in [0.05, 0.1) is 12.7 Å². The Bertz CT molecular complexity index is 691. The Kier molecular flexibility index (Phi) is 5.36. The summed E-state index contributed by atoms with van der Waals surface area (Å²) in [4.78, 5) is 23.4. The minimum Gasteiger partial charge on any atom is -0.479 e. The van der Waals surface area contributed by atoms with E-state index in [2.05, 4.69) is 4.74 Å². The number of hydrogen-bond donors (Lipinski definition) is 0. The van der Waals surface area contributed by atoms with E-state index in [4.69, 9.17) is 9.47 Å². The smallest absolute Gasteiger partial charge is 0.352 e. The minimum absolute atomic E-state index is 0.336. The molecule has 2 rings (SSSR count). The SMILES string of the molecule is COC(=O)c1ccc(OC(=O)[C@H](C)Oc2cccc(C)c2)cc1. The molecule has 0 spiro atoms. The predicted octanol–water partition coefficient (Wildman–Crippen LogP) is 3.15. The summed E-state index contributed by atoms with van der Waals surface area (Å²) in [5.41, 5.74) is 1.43. The van der Waals surface area contributed by atoms with Crippen LogP contribution >= 0.6 is 0 Å². The molecule has 2 aromatic carbocycles. The molecule has 0 N–H and O–H groups in total. The normalized spacial score (nSPS) is 11.4. The zero-order valence-corrected chi connectivity index (χ0v) is 13.2. The summed E-state index contributed by atoms with van der Waals surface area (Å²) in [6.07, 6.45) is -0.753. The van der Waals surface area contributed by atoms with Gasteiger partial charge in [-0.2, -0.15) is 0 Å². The summed E-state index contributed by atoms with van der Waals surface area (Å²) in [6, 6.07) is 13.5. The number of esters is 2. The molecule has 5 heteroatoms. The quantitative estimate of drug-likeness (QED) is 0.626. The third kappa shape index (κ3) is 4.57. The topological polar surface area (TPSA) is 61.8 Å². The van der Waals surface area contributed by atoms with Gasteiger partial charge >= 0.3 is 11.9 Å². The van der Waals surface area contributed by atoms with Crippen LogP contribution in [0.15, 0.2) is 48.5 Å². The van der Waals surface area contributed by atoms with E-state index < -0.39 is 18.0 Å². The highest BCUT2D eigenvalue weighted by atomic mass is 16.6. The highest BCUT2D eigenvalue weighted by molar-refractivity contribution is 5.89. The first-order chi connectivity index (χ1) is 11.0. The number of carbonyl (C=O) groups excluding carboxylic acids is 2. The molecule has 0 aliphatic rings. The number of ether oxygens (including phenoxy) is 3. The van der Waals surface area contributed by atoms with Gasteiger partial charge in [-0.05, 0) is 55.8 Å². The lowest BCUT2D eigenvalue weighted by Crippen LogP contribution is -2.28. The molecular weight excluding hydrogens is 296 g/mol. The van der Waals surface area contributed by atoms with Crippen LogP contribution in [0.5, 0.6) is 11.5 Å². The van der Waals surface area contributed by atoms with Gasteiger partial charge in [0.25, 0.3) is 0 Å². The molecule has 5 nitrogen and oxygen atoms in total. The Morgan fingerprint density at radius 2 is 1.70 bits per heavy atom. The first kappa shape index (κ1) is 16.5. The largest absolute Gasteiger partial charge is 0.479 e. The van der Waals surface area contributed by atoms with E-state index in [1.807, 2.05) is 25.1 Å². The summed E-state index contributed by atoms with van der Waals surface area (Å²) >= 11 is 0. The molecule has 0 unspecified atom stereocenters. The summed E-state index contributed by atoms with van der Waals surface area (Å²) in [7, 11) is 1.31. The number of carbonyl (C=O) groups is 2. The average Bonchev–Trinajstić information content (AvgIpc) is 2.54. The molecule has 1 atom stereocenters. The highest BCUT2D eigenvalue weighted by Crippen LogP contribution is 2.17. The Hall–Kier alpha value is -2.82. The fourth-order valence-electron chi connectivity index (χ4n) is 1.92. The first-order valence-electron chi connectivity index (χ1n) is 7.13. The summed E-state index contributed by atoms with van der Waals surface area (Å²) in [5, 5.41) is 0. The number of aryl methyl sites for hydroxylation is 1. The van der Waals surface area contributed by atoms with Crippen molar-refractivity contribution in [2.45, 2.75) is 20.0 Å². The van der Waals surface area contributed by atoms with Gasteiger partial charge in [0.2, 0.25) is 0 Å². The lowest BCUT2D eigenvalue weighted by atomic mass is 10.2. The third-order valence-electron chi connectivity index (χ3n) is 3.13. The third-order valence-corrected chi connectivity index (χ3v) is 3.13. The van der Waals surface area contributed by atoms with Crippen LogP contribution in [-0.4, -0.2) is 25.2 Å². The molecule has 0 amide bonds. The van der Waals surface area contributed by atoms with Gasteiger partial charge in [0.15, 0.2) is 6.10 Å². The molecule has 0 aliphatic carbocycles. The van der Waals surface area contributed by atoms with Gasteiger partial charge < -0.3 is 14.2 Å². The van der Waals surface area contributed by atoms with E-state index in [9.17, 15) is 9.59 Å². The molecule has 0 saturated carbocycles. The minimum atomic E-state index is -0.753. The highest BCUT2D eigenvalue weighted by Gasteiger charge is 2.17. The van der Waals surface area contributed by atoms with Crippen molar-refractivity contribution in [3.05, 3.63) is 59.7 Å². The van der Waals surface area contributed by atoms with Crippen LogP contribution in [0, 0.1) is 6.92 Å². The first-order valence-corrected chi connectivity index (χ1v) is 7.13. The van der Waals surface area contributed by atoms with Crippen molar-refractivity contribution in [3.63, 3.8) is 0 Å². The maximum absolute atomic E-state index is 12.0. The van der Waals surface area contributed by atoms with Crippen LogP contribution in [0.25, 0.3) is 0 Å². The van der Waals surface area contributed by atoms with Crippen molar-refractivity contribution in [2.75, 3.05) is 7.11 Å². The number of benzene rings is 2. The molecule has 0 aliphatic heterocycles. The molecule has 0 radical (unpaired) electrons. The fourth-order valence-corrected chi connectivity index (χ4v) is 1.92. The van der Waals surface area contributed by atoms with Gasteiger partial charge in [-0.3, -0.25) is 0 Å². The Morgan fingerprint density at radius 3 is 2.30 bits per heavy atom. The fraction of sp³-hybridized carbons (Fsp3) is 0.222. The lowest BCUT2D eigenvalue weighted by molar-refractivity contribution is -0.141. The van der Waals surface area contributed by atoms with Crippen LogP contribution in [0.2, 0.25) is 0 Å². The predicted molar refractivity (Wildman–Crippen MR) is 84.7 cm³/mol. The second-order valence-electron chi connectivity index (χ2n) is 5.01. The van der Waals surface area contributed by atoms with E-state index in [0.29, 0.717) is 17.1 Å². The van der Waals surface area contributed by atoms with Crippen molar-refractivity contribution in [3.8, 4) is 11.5 Å². The van der Waals surface area contributed by atoms with Crippen molar-refractivity contribution in [1.82, 2.24) is 0 Å². The summed E-state index contributed by atoms with van der Waals surface area (Å²) < 4.78 is 15.4. The number of rotatable bonds is 5. The molecule has 0 heterocycles. The standard InChI is InChI=1S/C18H18O5/c1-12-5-4-6-16(11-12)22-13(2)17(19)23-15-9-7-14(8-10-15)18(20)21-3/h4-11,13H,1-3H3/t13-/m0/s1. The Balaban J connectivity index is 1.96. The van der Waals surface area contributed by atoms with Crippen molar-refractivity contribution in [1.29, 1.82) is 0 Å². The zero-order valence-electron chi connectivity index (χ0n) is 13.2. The molecule has 0 aromatic heterocycles. The van der Waals surface area contributed by atoms with Gasteiger partial charge in [-0.1, -0.05) is 12.1 Å². The van der Waals surface area contributed by atoms with Crippen LogP contribution in [0.1, 0.15) is 22.8 Å². The van der Waals surface area contributed by atoms with Gasteiger partial charge in [-0.25, -0.2) is 9.59 Å². The second-order valence-corrected chi connectivity index (χ2v) is 5.01. The number of hydrogen-bond acceptors (Lipinski definition) is 5. The van der Waals surface area contributed by atoms with Crippen LogP contribution in [0.3, 0.4) is 0 Å². The molecule has 0 fully saturated rings. The molecule has 0 bridgehead atoms. The van der Waals surface area contributed by atoms with E-state index >= 15 is 0 Å². The van der Waals surface area contributed by atoms with Crippen LogP contribution < -0.4 is 9.47 Å². The second kappa shape index (κ2) is 7.45. The Morgan fingerprint density at radius 1 is 1.00 bits per heavy atom. The average molecular weight is 314 g/mol. The van der Waals surface area contributed by atoms with Crippen LogP contribution in [0.4, 0.5) is 0 Å². The monoisotopic (exact) mass is 314 g/mol. The van der Waals surface area contributed by atoms with Gasteiger partial charge in [0, 0.05) is 0 Å². The van der Waals surface area contributed by atoms with Crippen molar-refractivity contribution >= 4 is 11.9 Å². The van der Waals surface area contributed by atoms with Crippen molar-refractivity contribution in [2.24, 2.45) is 0 Å². The maximum atomic E-state index is 12.0. The molecule has 23 heavy (non-hydrogen) atoms. The van der Waals surface area contributed by atoms with E-state index in [1.54, 1.807) is 13.0 Å². The maximum Gasteiger partial charge on any atom is 0.352 e.